The van der Waals surface area contributed by atoms with Gasteiger partial charge in [-0.2, -0.15) is 0 Å². The minimum atomic E-state index is -5.02. The van der Waals surface area contributed by atoms with Crippen LogP contribution >= 0.6 is 0 Å². The van der Waals surface area contributed by atoms with Gasteiger partial charge in [0.1, 0.15) is 0 Å². The lowest BCUT2D eigenvalue weighted by atomic mass is 10.1. The summed E-state index contributed by atoms with van der Waals surface area (Å²) in [6.07, 6.45) is -5.02. The third kappa shape index (κ3) is 7.57. The van der Waals surface area contributed by atoms with Crippen molar-refractivity contribution in [2.45, 2.75) is 6.36 Å². The van der Waals surface area contributed by atoms with Crippen LogP contribution in [0.25, 0.3) is 11.3 Å². The molecule has 0 unspecified atom stereocenters. The molecule has 2 heterocycles. The average Bonchev–Trinajstić information content (AvgIpc) is 2.86. The molecule has 1 aliphatic rings. The fourth-order valence-corrected chi connectivity index (χ4v) is 5.17. The molecule has 0 bridgehead atoms. The van der Waals surface area contributed by atoms with Crippen molar-refractivity contribution in [1.82, 2.24) is 15.1 Å². The lowest BCUT2D eigenvalue weighted by Crippen LogP contribution is -2.45. The van der Waals surface area contributed by atoms with Crippen LogP contribution in [0.2, 0.25) is 0 Å². The first kappa shape index (κ1) is 27.2. The summed E-state index contributed by atoms with van der Waals surface area (Å²) in [7, 11) is -2.70. The van der Waals surface area contributed by atoms with Gasteiger partial charge in [-0.1, -0.05) is 30.3 Å². The lowest BCUT2D eigenvalue weighted by Gasteiger charge is -2.33. The summed E-state index contributed by atoms with van der Waals surface area (Å²) in [4.78, 5) is 27.0. The topological polar surface area (TPSA) is 141 Å². The standard InChI is InChI=1S/C24H25F3N6O4S/c25-24(26,27)37-20-8-6-17(14-19(20)29-22(34)15-33-10-12-38(28,36)13-11-33)23(35)30-21-9-7-18(31-32-21)16-4-2-1-3-5-16/h1-9,14,38H,10-13,15H2,(H2,28,36)(H,29,34)(H,30,32,35). The van der Waals surface area contributed by atoms with Crippen LogP contribution in [0, 0.1) is 4.78 Å². The molecule has 4 rings (SSSR count). The number of thiol groups is 1. The van der Waals surface area contributed by atoms with Crippen molar-refractivity contribution in [1.29, 1.82) is 4.78 Å². The van der Waals surface area contributed by atoms with Crippen molar-refractivity contribution in [3.63, 3.8) is 0 Å². The zero-order valence-electron chi connectivity index (χ0n) is 19.9. The van der Waals surface area contributed by atoms with Crippen molar-refractivity contribution in [3.05, 3.63) is 66.2 Å². The molecule has 38 heavy (non-hydrogen) atoms. The number of benzene rings is 2. The van der Waals surface area contributed by atoms with Gasteiger partial charge in [-0.25, -0.2) is 0 Å². The second kappa shape index (κ2) is 11.2. The van der Waals surface area contributed by atoms with Crippen molar-refractivity contribution in [2.75, 3.05) is 41.8 Å². The zero-order chi connectivity index (χ0) is 27.3. The SMILES string of the molecule is N=[SH]1(O)CCN(CC(=O)Nc2cc(C(=O)Nc3ccc(-c4ccccc4)nn3)ccc2OC(F)(F)F)CC1. The van der Waals surface area contributed by atoms with E-state index in [0.29, 0.717) is 18.8 Å². The Bertz CT molecular complexity index is 1340. The molecule has 2 amide bonds. The van der Waals surface area contributed by atoms with Gasteiger partial charge in [-0.3, -0.25) is 19.3 Å². The summed E-state index contributed by atoms with van der Waals surface area (Å²) in [5.74, 6) is -1.39. The average molecular weight is 551 g/mol. The van der Waals surface area contributed by atoms with Crippen LogP contribution in [-0.2, 0) is 14.9 Å². The van der Waals surface area contributed by atoms with E-state index in [2.05, 4.69) is 25.6 Å². The summed E-state index contributed by atoms with van der Waals surface area (Å²) < 4.78 is 60.4. The highest BCUT2D eigenvalue weighted by molar-refractivity contribution is 7.98. The van der Waals surface area contributed by atoms with Gasteiger partial charge >= 0.3 is 6.36 Å². The predicted octanol–water partition coefficient (Wildman–Crippen LogP) is 3.67. The minimum Gasteiger partial charge on any atom is -0.404 e. The number of anilines is 2. The number of amides is 2. The van der Waals surface area contributed by atoms with Crippen molar-refractivity contribution in [2.24, 2.45) is 0 Å². The molecule has 1 saturated heterocycles. The maximum Gasteiger partial charge on any atom is 0.573 e. The normalized spacial score (nSPS) is 16.3. The molecule has 2 aromatic carbocycles. The largest absolute Gasteiger partial charge is 0.573 e. The molecule has 10 nitrogen and oxygen atoms in total. The van der Waals surface area contributed by atoms with Gasteiger partial charge in [0.15, 0.2) is 11.6 Å². The summed E-state index contributed by atoms with van der Waals surface area (Å²) in [6, 6.07) is 15.6. The molecule has 1 aliphatic heterocycles. The van der Waals surface area contributed by atoms with Crippen LogP contribution < -0.4 is 15.4 Å². The Morgan fingerprint density at radius 2 is 1.74 bits per heavy atom. The Hall–Kier alpha value is -3.88. The number of carbonyl (C=O) groups is 2. The monoisotopic (exact) mass is 550 g/mol. The molecular formula is C24H25F3N6O4S. The number of nitrogens with one attached hydrogen (secondary N) is 3. The van der Waals surface area contributed by atoms with E-state index in [0.717, 1.165) is 23.8 Å². The number of hydrogen-bond donors (Lipinski definition) is 5. The van der Waals surface area contributed by atoms with Crippen molar-refractivity contribution < 1.29 is 32.0 Å². The molecule has 14 heteroatoms. The quantitative estimate of drug-likeness (QED) is 0.283. The van der Waals surface area contributed by atoms with Gasteiger partial charge in [-0.05, 0) is 30.3 Å². The Balaban J connectivity index is 1.47. The maximum atomic E-state index is 12.9. The molecule has 0 saturated carbocycles. The van der Waals surface area contributed by atoms with Gasteiger partial charge in [0.2, 0.25) is 5.91 Å². The van der Waals surface area contributed by atoms with E-state index in [1.165, 1.54) is 6.07 Å². The first-order chi connectivity index (χ1) is 18.0. The summed E-state index contributed by atoms with van der Waals surface area (Å²) in [5, 5.41) is 12.9. The Kier molecular flexibility index (Phi) is 8.04. The number of nitrogens with zero attached hydrogens (tertiary/aromatic N) is 3. The van der Waals surface area contributed by atoms with E-state index in [1.807, 2.05) is 30.3 Å². The van der Waals surface area contributed by atoms with E-state index in [4.69, 9.17) is 4.78 Å². The van der Waals surface area contributed by atoms with E-state index in [-0.39, 0.29) is 35.1 Å². The molecule has 0 radical (unpaired) electrons. The number of rotatable bonds is 7. The Labute approximate surface area is 216 Å². The fourth-order valence-electron chi connectivity index (χ4n) is 3.72. The first-order valence-corrected chi connectivity index (χ1v) is 13.6. The molecule has 0 spiro atoms. The molecule has 0 aliphatic carbocycles. The molecule has 1 fully saturated rings. The third-order valence-corrected chi connectivity index (χ3v) is 7.54. The Morgan fingerprint density at radius 3 is 2.37 bits per heavy atom. The second-order valence-electron chi connectivity index (χ2n) is 8.58. The number of hydrogen-bond acceptors (Lipinski definition) is 7. The predicted molar refractivity (Wildman–Crippen MR) is 137 cm³/mol. The number of carbonyl (C=O) groups excluding carboxylic acids is 2. The van der Waals surface area contributed by atoms with Crippen LogP contribution in [0.5, 0.6) is 5.75 Å². The van der Waals surface area contributed by atoms with Gasteiger partial charge in [0.05, 0.1) is 17.9 Å². The van der Waals surface area contributed by atoms with Gasteiger partial charge in [0.25, 0.3) is 5.91 Å². The van der Waals surface area contributed by atoms with E-state index in [9.17, 15) is 27.3 Å². The summed E-state index contributed by atoms with van der Waals surface area (Å²) in [5.41, 5.74) is 1.03. The number of ether oxygens (including phenoxy) is 1. The highest BCUT2D eigenvalue weighted by Gasteiger charge is 2.33. The molecule has 1 aromatic heterocycles. The van der Waals surface area contributed by atoms with E-state index >= 15 is 0 Å². The smallest absolute Gasteiger partial charge is 0.404 e. The highest BCUT2D eigenvalue weighted by atomic mass is 32.3. The Morgan fingerprint density at radius 1 is 1.03 bits per heavy atom. The van der Waals surface area contributed by atoms with Crippen molar-refractivity contribution >= 4 is 33.4 Å². The molecule has 0 atom stereocenters. The summed E-state index contributed by atoms with van der Waals surface area (Å²) >= 11 is 0. The number of halogens is 3. The van der Waals surface area contributed by atoms with Crippen molar-refractivity contribution in [3.8, 4) is 17.0 Å². The van der Waals surface area contributed by atoms with Gasteiger partial charge in [-0.15, -0.1) is 33.5 Å². The van der Waals surface area contributed by atoms with Gasteiger partial charge in [0, 0.05) is 35.7 Å². The zero-order valence-corrected chi connectivity index (χ0v) is 20.8. The molecule has 202 valence electrons. The minimum absolute atomic E-state index is 0.0502. The van der Waals surface area contributed by atoms with Crippen LogP contribution in [0.3, 0.4) is 0 Å². The van der Waals surface area contributed by atoms with Crippen LogP contribution in [0.4, 0.5) is 24.7 Å². The fraction of sp³-hybridized carbons (Fsp3) is 0.250. The molecule has 3 aromatic rings. The summed E-state index contributed by atoms with van der Waals surface area (Å²) in [6.45, 7) is 0.477. The van der Waals surface area contributed by atoms with E-state index < -0.39 is 34.0 Å². The first-order valence-electron chi connectivity index (χ1n) is 11.4. The number of aromatic nitrogens is 2. The van der Waals surface area contributed by atoms with Crippen LogP contribution in [0.1, 0.15) is 10.4 Å². The highest BCUT2D eigenvalue weighted by Crippen LogP contribution is 2.31. The third-order valence-electron chi connectivity index (χ3n) is 5.66. The lowest BCUT2D eigenvalue weighted by molar-refractivity contribution is -0.274. The molecule has 4 N–H and O–H groups in total. The number of alkyl halides is 3. The van der Waals surface area contributed by atoms with Crippen LogP contribution in [-0.4, -0.2) is 69.0 Å². The van der Waals surface area contributed by atoms with Crippen LogP contribution in [0.15, 0.2) is 60.7 Å². The molecular weight excluding hydrogens is 525 g/mol. The van der Waals surface area contributed by atoms with Gasteiger partial charge < -0.3 is 19.9 Å². The van der Waals surface area contributed by atoms with E-state index in [1.54, 1.807) is 11.0 Å². The maximum absolute atomic E-state index is 12.9. The second-order valence-corrected chi connectivity index (χ2v) is 11.3.